The summed E-state index contributed by atoms with van der Waals surface area (Å²) in [6.07, 6.45) is -0.450. The zero-order chi connectivity index (χ0) is 31.3. The number of hydrogen-bond acceptors (Lipinski definition) is 9. The van der Waals surface area contributed by atoms with E-state index < -0.39 is 57.5 Å². The standard InChI is InChI=1S/C29H31F5N6O3/c1-5-7-17(6-2)41-12-13-42-28-39-25-20-26(40-28)37-11-10-36-9-8-15(3)43-27(20)38-24(23(25)31)18-14-19(35)22(30)16(4)21(18)29(32,33)34/h5-7,14-15,36H,1-2,8-13,35H2,3-4H3,(H,37,39,40)/b17-7+. The molecule has 4 rings (SSSR count). The third-order valence-electron chi connectivity index (χ3n) is 6.50. The number of halogens is 5. The van der Waals surface area contributed by atoms with E-state index in [4.69, 9.17) is 19.9 Å². The van der Waals surface area contributed by atoms with E-state index in [1.165, 1.54) is 12.2 Å². The van der Waals surface area contributed by atoms with Crippen molar-refractivity contribution in [2.24, 2.45) is 0 Å². The number of aromatic nitrogens is 3. The molecule has 0 bridgehead atoms. The van der Waals surface area contributed by atoms with Crippen LogP contribution in [0, 0.1) is 18.6 Å². The van der Waals surface area contributed by atoms with Crippen molar-refractivity contribution >= 4 is 22.4 Å². The zero-order valence-corrected chi connectivity index (χ0v) is 23.6. The molecular weight excluding hydrogens is 575 g/mol. The van der Waals surface area contributed by atoms with Crippen molar-refractivity contribution in [3.8, 4) is 23.1 Å². The smallest absolute Gasteiger partial charge is 0.417 e. The summed E-state index contributed by atoms with van der Waals surface area (Å²) in [5.74, 6) is -2.17. The molecule has 0 saturated carbocycles. The van der Waals surface area contributed by atoms with Crippen LogP contribution in [0.15, 0.2) is 43.2 Å². The van der Waals surface area contributed by atoms with Crippen molar-refractivity contribution in [1.82, 2.24) is 20.3 Å². The maximum atomic E-state index is 16.3. The van der Waals surface area contributed by atoms with Crippen LogP contribution in [0.4, 0.5) is 33.5 Å². The number of nitrogens with two attached hydrogens (primary N) is 1. The van der Waals surface area contributed by atoms with Crippen LogP contribution < -0.4 is 25.8 Å². The van der Waals surface area contributed by atoms with Crippen molar-refractivity contribution in [3.05, 3.63) is 66.0 Å². The van der Waals surface area contributed by atoms with Crippen LogP contribution in [-0.4, -0.2) is 53.9 Å². The van der Waals surface area contributed by atoms with E-state index in [1.807, 2.05) is 0 Å². The fourth-order valence-electron chi connectivity index (χ4n) is 4.48. The molecule has 0 fully saturated rings. The largest absolute Gasteiger partial charge is 0.490 e. The summed E-state index contributed by atoms with van der Waals surface area (Å²) in [7, 11) is 0. The predicted molar refractivity (Wildman–Crippen MR) is 153 cm³/mol. The molecule has 43 heavy (non-hydrogen) atoms. The fraction of sp³-hybridized carbons (Fsp3) is 0.345. The average Bonchev–Trinajstić information content (AvgIpc) is 2.98. The van der Waals surface area contributed by atoms with Gasteiger partial charge in [-0.15, -0.1) is 0 Å². The third-order valence-corrected chi connectivity index (χ3v) is 6.50. The summed E-state index contributed by atoms with van der Waals surface area (Å²) in [5.41, 5.74) is 0.924. The zero-order valence-electron chi connectivity index (χ0n) is 23.6. The first kappa shape index (κ1) is 31.5. The summed E-state index contributed by atoms with van der Waals surface area (Å²) in [5, 5.41) is 6.29. The highest BCUT2D eigenvalue weighted by atomic mass is 19.4. The Kier molecular flexibility index (Phi) is 9.69. The Morgan fingerprint density at radius 1 is 1.14 bits per heavy atom. The summed E-state index contributed by atoms with van der Waals surface area (Å²) < 4.78 is 90.7. The minimum absolute atomic E-state index is 0.00169. The van der Waals surface area contributed by atoms with E-state index in [0.717, 1.165) is 6.92 Å². The van der Waals surface area contributed by atoms with Crippen molar-refractivity contribution < 1.29 is 36.2 Å². The Morgan fingerprint density at radius 2 is 1.91 bits per heavy atom. The molecule has 1 atom stereocenters. The van der Waals surface area contributed by atoms with Gasteiger partial charge in [-0.25, -0.2) is 13.8 Å². The Morgan fingerprint density at radius 3 is 2.60 bits per heavy atom. The number of pyridine rings is 1. The van der Waals surface area contributed by atoms with E-state index in [1.54, 1.807) is 13.0 Å². The van der Waals surface area contributed by atoms with Crippen LogP contribution in [0.1, 0.15) is 24.5 Å². The molecule has 3 heterocycles. The molecule has 1 unspecified atom stereocenters. The van der Waals surface area contributed by atoms with Gasteiger partial charge in [0.2, 0.25) is 5.88 Å². The van der Waals surface area contributed by atoms with Crippen LogP contribution in [0.2, 0.25) is 0 Å². The van der Waals surface area contributed by atoms with Crippen LogP contribution in [0.3, 0.4) is 0 Å². The number of ether oxygens (including phenoxy) is 3. The quantitative estimate of drug-likeness (QED) is 0.0976. The van der Waals surface area contributed by atoms with Crippen molar-refractivity contribution in [2.75, 3.05) is 43.9 Å². The second-order valence-corrected chi connectivity index (χ2v) is 9.58. The minimum Gasteiger partial charge on any atom is -0.490 e. The second-order valence-electron chi connectivity index (χ2n) is 9.58. The number of nitrogen functional groups attached to an aromatic ring is 1. The van der Waals surface area contributed by atoms with Gasteiger partial charge < -0.3 is 30.6 Å². The van der Waals surface area contributed by atoms with Gasteiger partial charge in [-0.2, -0.15) is 23.1 Å². The molecule has 1 aliphatic heterocycles. The molecule has 14 heteroatoms. The topological polar surface area (TPSA) is 116 Å². The lowest BCUT2D eigenvalue weighted by Gasteiger charge is -2.21. The number of alkyl halides is 3. The van der Waals surface area contributed by atoms with Gasteiger partial charge in [0.05, 0.1) is 17.4 Å². The second kappa shape index (κ2) is 13.2. The molecule has 3 aromatic rings. The molecule has 0 spiro atoms. The first-order valence-electron chi connectivity index (χ1n) is 13.4. The summed E-state index contributed by atoms with van der Waals surface area (Å²) in [6, 6.07) is 0.423. The monoisotopic (exact) mass is 606 g/mol. The molecule has 2 aromatic heterocycles. The molecule has 230 valence electrons. The number of anilines is 2. The highest BCUT2D eigenvalue weighted by molar-refractivity contribution is 5.96. The van der Waals surface area contributed by atoms with Gasteiger partial charge in [-0.05, 0) is 50.6 Å². The molecule has 4 N–H and O–H groups in total. The predicted octanol–water partition coefficient (Wildman–Crippen LogP) is 5.70. The lowest BCUT2D eigenvalue weighted by molar-refractivity contribution is -0.137. The Balaban J connectivity index is 1.92. The minimum atomic E-state index is -5.06. The van der Waals surface area contributed by atoms with Crippen LogP contribution in [-0.2, 0) is 10.9 Å². The summed E-state index contributed by atoms with van der Waals surface area (Å²) in [6.45, 7) is 11.3. The van der Waals surface area contributed by atoms with Gasteiger partial charge in [-0.1, -0.05) is 19.2 Å². The molecule has 1 aromatic carbocycles. The third kappa shape index (κ3) is 6.96. The SMILES string of the molecule is C=C/C=C(\C=C)OCCOc1nc2c3c(nc(-c4cc(N)c(F)c(C)c4C(F)(F)F)c(F)c3n1)OC(C)CCNCCN2. The normalized spacial score (nSPS) is 16.1. The van der Waals surface area contributed by atoms with E-state index >= 15 is 4.39 Å². The van der Waals surface area contributed by atoms with Gasteiger partial charge in [0.15, 0.2) is 5.82 Å². The number of nitrogens with zero attached hydrogens (tertiary/aromatic N) is 3. The number of hydrogen-bond donors (Lipinski definition) is 3. The highest BCUT2D eigenvalue weighted by Gasteiger charge is 2.39. The van der Waals surface area contributed by atoms with E-state index in [9.17, 15) is 17.6 Å². The molecule has 0 amide bonds. The first-order valence-corrected chi connectivity index (χ1v) is 13.4. The van der Waals surface area contributed by atoms with Crippen LogP contribution in [0.25, 0.3) is 22.2 Å². The lowest BCUT2D eigenvalue weighted by atomic mass is 9.96. The Bertz CT molecular complexity index is 1560. The molecule has 9 nitrogen and oxygen atoms in total. The van der Waals surface area contributed by atoms with Crippen LogP contribution >= 0.6 is 0 Å². The number of nitrogens with one attached hydrogen (secondary N) is 2. The summed E-state index contributed by atoms with van der Waals surface area (Å²) in [4.78, 5) is 12.7. The molecule has 1 aliphatic rings. The van der Waals surface area contributed by atoms with Gasteiger partial charge in [0, 0.05) is 18.7 Å². The van der Waals surface area contributed by atoms with Crippen LogP contribution in [0.5, 0.6) is 11.9 Å². The summed E-state index contributed by atoms with van der Waals surface area (Å²) >= 11 is 0. The van der Waals surface area contributed by atoms with E-state index in [2.05, 4.69) is 38.7 Å². The number of benzene rings is 1. The van der Waals surface area contributed by atoms with Gasteiger partial charge in [0.25, 0.3) is 0 Å². The highest BCUT2D eigenvalue weighted by Crippen LogP contribution is 2.44. The van der Waals surface area contributed by atoms with Gasteiger partial charge >= 0.3 is 12.2 Å². The molecular formula is C29H31F5N6O3. The first-order chi connectivity index (χ1) is 20.5. The van der Waals surface area contributed by atoms with Crippen molar-refractivity contribution in [2.45, 2.75) is 32.5 Å². The van der Waals surface area contributed by atoms with Gasteiger partial charge in [-0.3, -0.25) is 0 Å². The Hall–Kier alpha value is -4.46. The molecule has 0 aliphatic carbocycles. The lowest BCUT2D eigenvalue weighted by Crippen LogP contribution is -2.26. The van der Waals surface area contributed by atoms with Crippen molar-refractivity contribution in [1.29, 1.82) is 0 Å². The fourth-order valence-corrected chi connectivity index (χ4v) is 4.48. The maximum Gasteiger partial charge on any atom is 0.417 e. The van der Waals surface area contributed by atoms with Gasteiger partial charge in [0.1, 0.15) is 47.2 Å². The van der Waals surface area contributed by atoms with E-state index in [-0.39, 0.29) is 36.3 Å². The molecule has 0 saturated heterocycles. The maximum absolute atomic E-state index is 16.3. The number of allylic oxidation sites excluding steroid dienone is 3. The molecule has 0 radical (unpaired) electrons. The average molecular weight is 607 g/mol. The Labute approximate surface area is 244 Å². The number of rotatable bonds is 8. The van der Waals surface area contributed by atoms with Crippen molar-refractivity contribution in [3.63, 3.8) is 0 Å². The van der Waals surface area contributed by atoms with E-state index in [0.29, 0.717) is 37.9 Å².